The van der Waals surface area contributed by atoms with E-state index in [1.807, 2.05) is 12.1 Å². The van der Waals surface area contributed by atoms with Crippen molar-refractivity contribution in [3.8, 4) is 11.5 Å². The van der Waals surface area contributed by atoms with Gasteiger partial charge in [0, 0.05) is 6.07 Å². The molecule has 0 heterocycles. The molecule has 0 aliphatic rings. The average molecular weight is 292 g/mol. The molecule has 0 fully saturated rings. The first-order chi connectivity index (χ1) is 10.8. The molecule has 3 aromatic rings. The van der Waals surface area contributed by atoms with Gasteiger partial charge >= 0.3 is 0 Å². The van der Waals surface area contributed by atoms with E-state index in [0.717, 1.165) is 11.8 Å². The Balaban J connectivity index is 1.77. The van der Waals surface area contributed by atoms with Crippen LogP contribution in [0.3, 0.4) is 0 Å². The van der Waals surface area contributed by atoms with Gasteiger partial charge in [-0.25, -0.2) is 0 Å². The van der Waals surface area contributed by atoms with Crippen molar-refractivity contribution in [1.29, 1.82) is 0 Å². The molecule has 3 heteroatoms. The third kappa shape index (κ3) is 2.93. The molecule has 3 nitrogen and oxygen atoms in total. The third-order valence-electron chi connectivity index (χ3n) is 3.55. The Kier molecular flexibility index (Phi) is 4.05. The maximum Gasteiger partial charge on any atom is 0.153 e. The number of benzene rings is 3. The fourth-order valence-electron chi connectivity index (χ4n) is 2.37. The normalized spacial score (nSPS) is 10.4. The van der Waals surface area contributed by atoms with E-state index in [0.29, 0.717) is 23.7 Å². The molecule has 3 aromatic carbocycles. The van der Waals surface area contributed by atoms with Gasteiger partial charge in [-0.2, -0.15) is 0 Å². The molecule has 0 amide bonds. The molecule has 0 radical (unpaired) electrons. The van der Waals surface area contributed by atoms with Crippen LogP contribution in [-0.2, 0) is 6.61 Å². The summed E-state index contributed by atoms with van der Waals surface area (Å²) in [4.78, 5) is 10.9. The minimum absolute atomic E-state index is 0.467. The van der Waals surface area contributed by atoms with Gasteiger partial charge in [-0.05, 0) is 34.5 Å². The highest BCUT2D eigenvalue weighted by molar-refractivity contribution is 5.83. The number of carbonyl (C=O) groups is 1. The zero-order chi connectivity index (χ0) is 15.4. The molecule has 0 bridgehead atoms. The second-order valence-corrected chi connectivity index (χ2v) is 4.99. The summed E-state index contributed by atoms with van der Waals surface area (Å²) < 4.78 is 11.0. The summed E-state index contributed by atoms with van der Waals surface area (Å²) >= 11 is 0. The number of fused-ring (bicyclic) bond motifs is 1. The van der Waals surface area contributed by atoms with E-state index in [-0.39, 0.29) is 0 Å². The lowest BCUT2D eigenvalue weighted by Crippen LogP contribution is -1.97. The Morgan fingerprint density at radius 1 is 0.955 bits per heavy atom. The van der Waals surface area contributed by atoms with Crippen molar-refractivity contribution in [2.75, 3.05) is 7.11 Å². The van der Waals surface area contributed by atoms with E-state index in [4.69, 9.17) is 9.47 Å². The van der Waals surface area contributed by atoms with E-state index in [1.165, 1.54) is 17.9 Å². The average Bonchev–Trinajstić information content (AvgIpc) is 2.59. The third-order valence-corrected chi connectivity index (χ3v) is 3.55. The standard InChI is InChI=1S/C19H16O3/c1-21-19-11-18(9-8-17(19)12-20)22-13-14-6-7-15-4-2-3-5-16(15)10-14/h2-12H,13H2,1H3. The van der Waals surface area contributed by atoms with Gasteiger partial charge in [0.15, 0.2) is 6.29 Å². The van der Waals surface area contributed by atoms with E-state index < -0.39 is 0 Å². The van der Waals surface area contributed by atoms with Crippen molar-refractivity contribution < 1.29 is 14.3 Å². The summed E-state index contributed by atoms with van der Waals surface area (Å²) in [5.41, 5.74) is 1.61. The van der Waals surface area contributed by atoms with Crippen LogP contribution >= 0.6 is 0 Å². The predicted molar refractivity (Wildman–Crippen MR) is 86.7 cm³/mol. The highest BCUT2D eigenvalue weighted by Gasteiger charge is 2.05. The Morgan fingerprint density at radius 2 is 1.77 bits per heavy atom. The zero-order valence-electron chi connectivity index (χ0n) is 12.3. The van der Waals surface area contributed by atoms with Crippen LogP contribution in [0.2, 0.25) is 0 Å². The number of methoxy groups -OCH3 is 1. The number of hydrogen-bond donors (Lipinski definition) is 0. The molecule has 0 aliphatic carbocycles. The molecular formula is C19H16O3. The lowest BCUT2D eigenvalue weighted by Gasteiger charge is -2.10. The van der Waals surface area contributed by atoms with Crippen LogP contribution in [-0.4, -0.2) is 13.4 Å². The molecule has 0 aromatic heterocycles. The van der Waals surface area contributed by atoms with Crippen molar-refractivity contribution in [2.45, 2.75) is 6.61 Å². The number of carbonyl (C=O) groups excluding carboxylic acids is 1. The van der Waals surface area contributed by atoms with Crippen LogP contribution in [0.25, 0.3) is 10.8 Å². The van der Waals surface area contributed by atoms with Gasteiger partial charge in [0.2, 0.25) is 0 Å². The molecule has 0 unspecified atom stereocenters. The summed E-state index contributed by atoms with van der Waals surface area (Å²) in [5.74, 6) is 1.20. The van der Waals surface area contributed by atoms with Crippen LogP contribution in [0, 0.1) is 0 Å². The van der Waals surface area contributed by atoms with Crippen LogP contribution in [0.4, 0.5) is 0 Å². The van der Waals surface area contributed by atoms with Crippen molar-refractivity contribution in [3.05, 3.63) is 71.8 Å². The molecular weight excluding hydrogens is 276 g/mol. The first-order valence-corrected chi connectivity index (χ1v) is 7.04. The molecule has 0 atom stereocenters. The summed E-state index contributed by atoms with van der Waals surface area (Å²) in [6, 6.07) is 19.7. The summed E-state index contributed by atoms with van der Waals surface area (Å²) in [5, 5.41) is 2.40. The first-order valence-electron chi connectivity index (χ1n) is 7.04. The molecule has 22 heavy (non-hydrogen) atoms. The number of aldehydes is 1. The van der Waals surface area contributed by atoms with Crippen LogP contribution in [0.5, 0.6) is 11.5 Å². The highest BCUT2D eigenvalue weighted by Crippen LogP contribution is 2.24. The first kappa shape index (κ1) is 14.1. The van der Waals surface area contributed by atoms with Crippen molar-refractivity contribution in [1.82, 2.24) is 0 Å². The molecule has 110 valence electrons. The number of ether oxygens (including phenoxy) is 2. The molecule has 0 spiro atoms. The van der Waals surface area contributed by atoms with Crippen LogP contribution in [0.15, 0.2) is 60.7 Å². The maximum atomic E-state index is 10.9. The Morgan fingerprint density at radius 3 is 2.55 bits per heavy atom. The molecule has 3 rings (SSSR count). The van der Waals surface area contributed by atoms with Crippen molar-refractivity contribution in [2.24, 2.45) is 0 Å². The van der Waals surface area contributed by atoms with Crippen LogP contribution in [0.1, 0.15) is 15.9 Å². The fourth-order valence-corrected chi connectivity index (χ4v) is 2.37. The zero-order valence-corrected chi connectivity index (χ0v) is 12.3. The Bertz CT molecular complexity index is 809. The largest absolute Gasteiger partial charge is 0.496 e. The highest BCUT2D eigenvalue weighted by atomic mass is 16.5. The Hall–Kier alpha value is -2.81. The second-order valence-electron chi connectivity index (χ2n) is 4.99. The van der Waals surface area contributed by atoms with Crippen molar-refractivity contribution in [3.63, 3.8) is 0 Å². The topological polar surface area (TPSA) is 35.5 Å². The van der Waals surface area contributed by atoms with E-state index in [9.17, 15) is 4.79 Å². The van der Waals surface area contributed by atoms with Gasteiger partial charge in [0.05, 0.1) is 12.7 Å². The fraction of sp³-hybridized carbons (Fsp3) is 0.105. The monoisotopic (exact) mass is 292 g/mol. The lowest BCUT2D eigenvalue weighted by molar-refractivity contribution is 0.112. The van der Waals surface area contributed by atoms with Gasteiger partial charge in [-0.1, -0.05) is 36.4 Å². The van der Waals surface area contributed by atoms with E-state index in [2.05, 4.69) is 30.3 Å². The molecule has 0 saturated heterocycles. The molecule has 0 saturated carbocycles. The van der Waals surface area contributed by atoms with Gasteiger partial charge in [-0.15, -0.1) is 0 Å². The number of rotatable bonds is 5. The quantitative estimate of drug-likeness (QED) is 0.660. The summed E-state index contributed by atoms with van der Waals surface area (Å²) in [6.45, 7) is 0.467. The Labute approximate surface area is 129 Å². The number of hydrogen-bond acceptors (Lipinski definition) is 3. The smallest absolute Gasteiger partial charge is 0.153 e. The summed E-state index contributed by atoms with van der Waals surface area (Å²) in [6.07, 6.45) is 0.770. The molecule has 0 N–H and O–H groups in total. The summed E-state index contributed by atoms with van der Waals surface area (Å²) in [7, 11) is 1.54. The minimum Gasteiger partial charge on any atom is -0.496 e. The van der Waals surface area contributed by atoms with Gasteiger partial charge in [-0.3, -0.25) is 4.79 Å². The SMILES string of the molecule is COc1cc(OCc2ccc3ccccc3c2)ccc1C=O. The van der Waals surface area contributed by atoms with Gasteiger partial charge < -0.3 is 9.47 Å². The lowest BCUT2D eigenvalue weighted by atomic mass is 10.1. The maximum absolute atomic E-state index is 10.9. The molecule has 0 aliphatic heterocycles. The second kappa shape index (κ2) is 6.31. The van der Waals surface area contributed by atoms with E-state index >= 15 is 0 Å². The van der Waals surface area contributed by atoms with E-state index in [1.54, 1.807) is 18.2 Å². The van der Waals surface area contributed by atoms with Gasteiger partial charge in [0.25, 0.3) is 0 Å². The minimum atomic E-state index is 0.467. The van der Waals surface area contributed by atoms with Crippen molar-refractivity contribution >= 4 is 17.1 Å². The van der Waals surface area contributed by atoms with Crippen LogP contribution < -0.4 is 9.47 Å². The predicted octanol–water partition coefficient (Wildman–Crippen LogP) is 4.24. The van der Waals surface area contributed by atoms with Gasteiger partial charge in [0.1, 0.15) is 18.1 Å².